The molecule has 0 aromatic carbocycles. The van der Waals surface area contributed by atoms with Crippen LogP contribution in [-0.2, 0) is 4.79 Å². The summed E-state index contributed by atoms with van der Waals surface area (Å²) in [5.74, 6) is -0.159. The molecule has 44 heavy (non-hydrogen) atoms. The van der Waals surface area contributed by atoms with E-state index in [0.717, 1.165) is 51.4 Å². The SMILES string of the molecule is CC/C=C/CC/C=C/CCCC(O)C(O)C(CO)NC(=O)CCCCCCCCCCCCCCCCCCCCCCC. The number of hydrogen-bond donors (Lipinski definition) is 4. The highest BCUT2D eigenvalue weighted by atomic mass is 16.3. The molecule has 0 saturated carbocycles. The molecule has 0 aliphatic rings. The van der Waals surface area contributed by atoms with Gasteiger partial charge in [-0.1, -0.05) is 167 Å². The molecule has 0 rings (SSSR count). The van der Waals surface area contributed by atoms with E-state index >= 15 is 0 Å². The molecule has 3 unspecified atom stereocenters. The lowest BCUT2D eigenvalue weighted by atomic mass is 10.0. The van der Waals surface area contributed by atoms with Gasteiger partial charge in [-0.3, -0.25) is 4.79 Å². The number of aliphatic hydroxyl groups is 3. The zero-order valence-electron chi connectivity index (χ0n) is 29.3. The fourth-order valence-electron chi connectivity index (χ4n) is 5.83. The van der Waals surface area contributed by atoms with Crippen LogP contribution in [0.15, 0.2) is 24.3 Å². The van der Waals surface area contributed by atoms with Gasteiger partial charge in [-0.2, -0.15) is 0 Å². The Morgan fingerprint density at radius 1 is 0.568 bits per heavy atom. The van der Waals surface area contributed by atoms with Gasteiger partial charge >= 0.3 is 0 Å². The van der Waals surface area contributed by atoms with Crippen molar-refractivity contribution in [2.45, 2.75) is 212 Å². The molecular formula is C39H75NO4. The molecule has 0 aliphatic carbocycles. The van der Waals surface area contributed by atoms with Crippen molar-refractivity contribution < 1.29 is 20.1 Å². The zero-order chi connectivity index (χ0) is 32.4. The highest BCUT2D eigenvalue weighted by molar-refractivity contribution is 5.76. The largest absolute Gasteiger partial charge is 0.394 e. The molecule has 5 nitrogen and oxygen atoms in total. The van der Waals surface area contributed by atoms with Crippen LogP contribution in [0.4, 0.5) is 0 Å². The molecule has 0 radical (unpaired) electrons. The zero-order valence-corrected chi connectivity index (χ0v) is 29.3. The Kier molecular flexibility index (Phi) is 33.8. The average molecular weight is 622 g/mol. The molecule has 0 aliphatic heterocycles. The number of carbonyl (C=O) groups is 1. The van der Waals surface area contributed by atoms with Crippen molar-refractivity contribution in [3.8, 4) is 0 Å². The van der Waals surface area contributed by atoms with E-state index < -0.39 is 18.2 Å². The van der Waals surface area contributed by atoms with Gasteiger partial charge in [0, 0.05) is 6.42 Å². The minimum Gasteiger partial charge on any atom is -0.394 e. The number of nitrogens with one attached hydrogen (secondary N) is 1. The summed E-state index contributed by atoms with van der Waals surface area (Å²) in [6.07, 6.45) is 40.1. The summed E-state index contributed by atoms with van der Waals surface area (Å²) < 4.78 is 0. The molecule has 0 fully saturated rings. The van der Waals surface area contributed by atoms with Gasteiger partial charge in [0.2, 0.25) is 5.91 Å². The third-order valence-corrected chi connectivity index (χ3v) is 8.80. The fraction of sp³-hybridized carbons (Fsp3) is 0.872. The maximum Gasteiger partial charge on any atom is 0.220 e. The topological polar surface area (TPSA) is 89.8 Å². The predicted octanol–water partition coefficient (Wildman–Crippen LogP) is 10.3. The lowest BCUT2D eigenvalue weighted by Gasteiger charge is -2.26. The highest BCUT2D eigenvalue weighted by Gasteiger charge is 2.26. The van der Waals surface area contributed by atoms with E-state index in [1.807, 2.05) is 0 Å². The summed E-state index contributed by atoms with van der Waals surface area (Å²) in [5, 5.41) is 33.2. The number of amides is 1. The Morgan fingerprint density at radius 2 is 0.977 bits per heavy atom. The molecule has 0 aromatic heterocycles. The molecule has 0 spiro atoms. The van der Waals surface area contributed by atoms with Crippen molar-refractivity contribution in [3.63, 3.8) is 0 Å². The summed E-state index contributed by atoms with van der Waals surface area (Å²) >= 11 is 0. The van der Waals surface area contributed by atoms with Crippen molar-refractivity contribution >= 4 is 5.91 Å². The van der Waals surface area contributed by atoms with Crippen molar-refractivity contribution in [2.75, 3.05) is 6.61 Å². The number of rotatable bonds is 34. The second kappa shape index (κ2) is 34.7. The molecular weight excluding hydrogens is 546 g/mol. The van der Waals surface area contributed by atoms with E-state index in [-0.39, 0.29) is 12.5 Å². The minimum atomic E-state index is -1.16. The smallest absolute Gasteiger partial charge is 0.220 e. The van der Waals surface area contributed by atoms with Gasteiger partial charge in [-0.25, -0.2) is 0 Å². The Balaban J connectivity index is 3.60. The van der Waals surface area contributed by atoms with Gasteiger partial charge in [-0.15, -0.1) is 0 Å². The third kappa shape index (κ3) is 29.5. The average Bonchev–Trinajstić information content (AvgIpc) is 3.03. The number of unbranched alkanes of at least 4 members (excludes halogenated alkanes) is 22. The van der Waals surface area contributed by atoms with Crippen LogP contribution in [0.1, 0.15) is 194 Å². The van der Waals surface area contributed by atoms with Crippen LogP contribution >= 0.6 is 0 Å². The number of allylic oxidation sites excluding steroid dienone is 4. The maximum absolute atomic E-state index is 12.3. The van der Waals surface area contributed by atoms with Gasteiger partial charge in [-0.05, 0) is 44.9 Å². The Labute approximate surface area is 273 Å². The minimum absolute atomic E-state index is 0.159. The van der Waals surface area contributed by atoms with Crippen LogP contribution in [0.25, 0.3) is 0 Å². The first-order valence-corrected chi connectivity index (χ1v) is 19.1. The predicted molar refractivity (Wildman–Crippen MR) is 190 cm³/mol. The normalized spacial score (nSPS) is 14.0. The van der Waals surface area contributed by atoms with Crippen LogP contribution in [0.3, 0.4) is 0 Å². The number of aliphatic hydroxyl groups excluding tert-OH is 3. The van der Waals surface area contributed by atoms with Gasteiger partial charge in [0.1, 0.15) is 6.10 Å². The van der Waals surface area contributed by atoms with Crippen LogP contribution in [0.2, 0.25) is 0 Å². The lowest BCUT2D eigenvalue weighted by molar-refractivity contribution is -0.124. The Hall–Kier alpha value is -1.17. The molecule has 4 N–H and O–H groups in total. The third-order valence-electron chi connectivity index (χ3n) is 8.80. The van der Waals surface area contributed by atoms with Gasteiger partial charge in [0.05, 0.1) is 18.8 Å². The van der Waals surface area contributed by atoms with Gasteiger partial charge in [0.15, 0.2) is 0 Å². The van der Waals surface area contributed by atoms with E-state index in [1.54, 1.807) is 0 Å². The van der Waals surface area contributed by atoms with Crippen LogP contribution < -0.4 is 5.32 Å². The van der Waals surface area contributed by atoms with E-state index in [9.17, 15) is 20.1 Å². The maximum atomic E-state index is 12.3. The van der Waals surface area contributed by atoms with E-state index in [1.165, 1.54) is 116 Å². The molecule has 1 amide bonds. The summed E-state index contributed by atoms with van der Waals surface area (Å²) in [6, 6.07) is -0.826. The van der Waals surface area contributed by atoms with Crippen LogP contribution in [-0.4, -0.2) is 46.1 Å². The van der Waals surface area contributed by atoms with Crippen molar-refractivity contribution in [1.82, 2.24) is 5.32 Å². The van der Waals surface area contributed by atoms with Gasteiger partial charge in [0.25, 0.3) is 0 Å². The van der Waals surface area contributed by atoms with Crippen molar-refractivity contribution in [2.24, 2.45) is 0 Å². The molecule has 5 heteroatoms. The standard InChI is InChI=1S/C39H75NO4/c1-3-5-7-9-11-13-14-15-16-17-18-19-20-21-22-23-24-26-28-30-32-34-38(43)40-36(35-41)39(44)37(42)33-31-29-27-25-12-10-8-6-4-2/h6,8,25,27,36-37,39,41-42,44H,3-5,7,9-24,26,28-35H2,1-2H3,(H,40,43)/b8-6+,27-25+. The van der Waals surface area contributed by atoms with E-state index in [4.69, 9.17) is 0 Å². The monoisotopic (exact) mass is 622 g/mol. The molecule has 0 saturated heterocycles. The first-order valence-electron chi connectivity index (χ1n) is 19.1. The molecule has 260 valence electrons. The fourth-order valence-corrected chi connectivity index (χ4v) is 5.83. The number of hydrogen-bond acceptors (Lipinski definition) is 4. The molecule has 0 heterocycles. The lowest BCUT2D eigenvalue weighted by Crippen LogP contribution is -2.50. The Morgan fingerprint density at radius 3 is 1.41 bits per heavy atom. The summed E-state index contributed by atoms with van der Waals surface area (Å²) in [7, 11) is 0. The summed E-state index contributed by atoms with van der Waals surface area (Å²) in [6.45, 7) is 4.03. The number of carbonyl (C=O) groups excluding carboxylic acids is 1. The quantitative estimate of drug-likeness (QED) is 0.0425. The van der Waals surface area contributed by atoms with Crippen LogP contribution in [0, 0.1) is 0 Å². The summed E-state index contributed by atoms with van der Waals surface area (Å²) in [4.78, 5) is 12.3. The van der Waals surface area contributed by atoms with E-state index in [0.29, 0.717) is 12.8 Å². The second-order valence-electron chi connectivity index (χ2n) is 13.1. The molecule has 3 atom stereocenters. The van der Waals surface area contributed by atoms with Gasteiger partial charge < -0.3 is 20.6 Å². The summed E-state index contributed by atoms with van der Waals surface area (Å²) in [5.41, 5.74) is 0. The molecule has 0 aromatic rings. The second-order valence-corrected chi connectivity index (χ2v) is 13.1. The van der Waals surface area contributed by atoms with E-state index in [2.05, 4.69) is 43.5 Å². The Bertz CT molecular complexity index is 650. The van der Waals surface area contributed by atoms with Crippen molar-refractivity contribution in [1.29, 1.82) is 0 Å². The first kappa shape index (κ1) is 42.8. The van der Waals surface area contributed by atoms with Crippen molar-refractivity contribution in [3.05, 3.63) is 24.3 Å². The highest BCUT2D eigenvalue weighted by Crippen LogP contribution is 2.16. The molecule has 0 bridgehead atoms. The first-order chi connectivity index (χ1) is 21.6. The van der Waals surface area contributed by atoms with Crippen LogP contribution in [0.5, 0.6) is 0 Å².